The lowest BCUT2D eigenvalue weighted by atomic mass is 10.2. The van der Waals surface area contributed by atoms with Gasteiger partial charge in [-0.3, -0.25) is 10.1 Å². The van der Waals surface area contributed by atoms with E-state index in [0.717, 1.165) is 11.6 Å². The van der Waals surface area contributed by atoms with Crippen LogP contribution >= 0.6 is 22.6 Å². The molecule has 1 aromatic carbocycles. The molecule has 0 atom stereocenters. The van der Waals surface area contributed by atoms with Gasteiger partial charge in [0.25, 0.3) is 0 Å². The minimum atomic E-state index is -0.784. The number of nitro benzene ring substituents is 1. The lowest BCUT2D eigenvalue weighted by Crippen LogP contribution is -1.93. The van der Waals surface area contributed by atoms with Gasteiger partial charge >= 0.3 is 5.69 Å². The van der Waals surface area contributed by atoms with Gasteiger partial charge in [0.2, 0.25) is 5.82 Å². The largest absolute Gasteiger partial charge is 0.305 e. The monoisotopic (exact) mass is 281 g/mol. The summed E-state index contributed by atoms with van der Waals surface area (Å²) in [5.74, 6) is -0.784. The Bertz CT molecular complexity index is 316. The maximum absolute atomic E-state index is 12.7. The fraction of sp³-hybridized carbons (Fsp3) is 0.143. The van der Waals surface area contributed by atoms with E-state index in [4.69, 9.17) is 0 Å². The molecule has 0 amide bonds. The average Bonchev–Trinajstić information content (AvgIpc) is 2.05. The van der Waals surface area contributed by atoms with E-state index in [2.05, 4.69) is 22.6 Å². The van der Waals surface area contributed by atoms with Crippen molar-refractivity contribution in [2.75, 3.05) is 0 Å². The zero-order chi connectivity index (χ0) is 9.14. The molecule has 0 radical (unpaired) electrons. The van der Waals surface area contributed by atoms with Crippen molar-refractivity contribution in [1.82, 2.24) is 0 Å². The molecular weight excluding hydrogens is 276 g/mol. The van der Waals surface area contributed by atoms with Crippen LogP contribution in [0.3, 0.4) is 0 Å². The van der Waals surface area contributed by atoms with Crippen LogP contribution in [0.1, 0.15) is 5.56 Å². The molecule has 0 aromatic heterocycles. The Morgan fingerprint density at radius 3 is 2.75 bits per heavy atom. The van der Waals surface area contributed by atoms with Crippen molar-refractivity contribution in [1.29, 1.82) is 0 Å². The summed E-state index contributed by atoms with van der Waals surface area (Å²) >= 11 is 2.06. The van der Waals surface area contributed by atoms with E-state index in [9.17, 15) is 14.5 Å². The highest BCUT2D eigenvalue weighted by molar-refractivity contribution is 14.1. The highest BCUT2D eigenvalue weighted by atomic mass is 127. The SMILES string of the molecule is O=[N+]([O-])c1cc(CI)ccc1F. The van der Waals surface area contributed by atoms with Crippen molar-refractivity contribution in [3.8, 4) is 0 Å². The van der Waals surface area contributed by atoms with E-state index in [1.807, 2.05) is 0 Å². The second-order valence-electron chi connectivity index (χ2n) is 2.18. The maximum Gasteiger partial charge on any atom is 0.305 e. The quantitative estimate of drug-likeness (QED) is 0.362. The number of nitro groups is 1. The van der Waals surface area contributed by atoms with Gasteiger partial charge in [0.1, 0.15) is 0 Å². The molecule has 1 aromatic rings. The Morgan fingerprint density at radius 2 is 2.25 bits per heavy atom. The lowest BCUT2D eigenvalue weighted by Gasteiger charge is -1.96. The lowest BCUT2D eigenvalue weighted by molar-refractivity contribution is -0.387. The van der Waals surface area contributed by atoms with Crippen LogP contribution in [-0.2, 0) is 4.43 Å². The van der Waals surface area contributed by atoms with Crippen molar-refractivity contribution in [2.24, 2.45) is 0 Å². The van der Waals surface area contributed by atoms with Gasteiger partial charge in [-0.2, -0.15) is 4.39 Å². The van der Waals surface area contributed by atoms with Gasteiger partial charge in [-0.1, -0.05) is 28.7 Å². The van der Waals surface area contributed by atoms with Crippen molar-refractivity contribution < 1.29 is 9.31 Å². The first-order chi connectivity index (χ1) is 5.65. The third-order valence-electron chi connectivity index (χ3n) is 1.36. The number of hydrogen-bond acceptors (Lipinski definition) is 2. The molecule has 0 aliphatic carbocycles. The number of benzene rings is 1. The molecule has 0 heterocycles. The molecule has 0 fully saturated rings. The summed E-state index contributed by atoms with van der Waals surface area (Å²) in [5.41, 5.74) is 0.299. The van der Waals surface area contributed by atoms with Gasteiger partial charge in [-0.05, 0) is 11.6 Å². The van der Waals surface area contributed by atoms with Crippen LogP contribution in [0, 0.1) is 15.9 Å². The van der Waals surface area contributed by atoms with E-state index >= 15 is 0 Å². The fourth-order valence-corrected chi connectivity index (χ4v) is 1.26. The first-order valence-electron chi connectivity index (χ1n) is 3.14. The molecule has 0 bridgehead atoms. The highest BCUT2D eigenvalue weighted by Gasteiger charge is 2.13. The second kappa shape index (κ2) is 3.79. The van der Waals surface area contributed by atoms with Gasteiger partial charge in [-0.25, -0.2) is 0 Å². The van der Waals surface area contributed by atoms with Gasteiger partial charge in [0.15, 0.2) is 0 Å². The van der Waals surface area contributed by atoms with E-state index in [1.54, 1.807) is 0 Å². The molecule has 0 aliphatic heterocycles. The Balaban J connectivity index is 3.17. The summed E-state index contributed by atoms with van der Waals surface area (Å²) in [4.78, 5) is 9.54. The van der Waals surface area contributed by atoms with E-state index in [1.165, 1.54) is 12.1 Å². The number of rotatable bonds is 2. The molecule has 0 spiro atoms. The fourth-order valence-electron chi connectivity index (χ4n) is 0.781. The molecule has 0 N–H and O–H groups in total. The number of alkyl halides is 1. The molecule has 12 heavy (non-hydrogen) atoms. The van der Waals surface area contributed by atoms with Crippen LogP contribution < -0.4 is 0 Å². The van der Waals surface area contributed by atoms with Crippen molar-refractivity contribution in [3.05, 3.63) is 39.7 Å². The van der Waals surface area contributed by atoms with Crippen LogP contribution in [0.15, 0.2) is 18.2 Å². The normalized spacial score (nSPS) is 9.83. The first kappa shape index (κ1) is 9.37. The first-order valence-corrected chi connectivity index (χ1v) is 4.66. The third-order valence-corrected chi connectivity index (χ3v) is 2.24. The number of nitrogens with zero attached hydrogens (tertiary/aromatic N) is 1. The number of hydrogen-bond donors (Lipinski definition) is 0. The summed E-state index contributed by atoms with van der Waals surface area (Å²) < 4.78 is 13.4. The molecule has 5 heteroatoms. The van der Waals surface area contributed by atoms with Crippen molar-refractivity contribution >= 4 is 28.3 Å². The minimum absolute atomic E-state index is 0.454. The summed E-state index contributed by atoms with van der Waals surface area (Å²) in [6.45, 7) is 0. The Kier molecular flexibility index (Phi) is 2.96. The van der Waals surface area contributed by atoms with Crippen molar-refractivity contribution in [2.45, 2.75) is 4.43 Å². The average molecular weight is 281 g/mol. The molecular formula is C7H5FINO2. The Morgan fingerprint density at radius 1 is 1.58 bits per heavy atom. The molecule has 0 unspecified atom stereocenters. The minimum Gasteiger partial charge on any atom is -0.258 e. The summed E-state index contributed by atoms with van der Waals surface area (Å²) in [6, 6.07) is 3.91. The summed E-state index contributed by atoms with van der Waals surface area (Å²) in [6.07, 6.45) is 0. The van der Waals surface area contributed by atoms with Crippen LogP contribution in [0.5, 0.6) is 0 Å². The zero-order valence-corrected chi connectivity index (χ0v) is 8.12. The smallest absolute Gasteiger partial charge is 0.258 e. The Labute approximate surface area is 81.9 Å². The third kappa shape index (κ3) is 1.90. The summed E-state index contributed by atoms with van der Waals surface area (Å²) in [7, 11) is 0. The van der Waals surface area contributed by atoms with E-state index in [0.29, 0.717) is 4.43 Å². The molecule has 1 rings (SSSR count). The van der Waals surface area contributed by atoms with E-state index in [-0.39, 0.29) is 0 Å². The maximum atomic E-state index is 12.7. The molecule has 0 aliphatic rings. The molecule has 3 nitrogen and oxygen atoms in total. The highest BCUT2D eigenvalue weighted by Crippen LogP contribution is 2.19. The second-order valence-corrected chi connectivity index (χ2v) is 2.94. The van der Waals surface area contributed by atoms with Gasteiger partial charge < -0.3 is 0 Å². The predicted octanol–water partition coefficient (Wildman–Crippen LogP) is 2.67. The molecule has 0 saturated carbocycles. The molecule has 64 valence electrons. The summed E-state index contributed by atoms with van der Waals surface area (Å²) in [5, 5.41) is 10.3. The Hall–Kier alpha value is -0.720. The predicted molar refractivity (Wildman–Crippen MR) is 50.8 cm³/mol. The van der Waals surface area contributed by atoms with Crippen LogP contribution in [0.25, 0.3) is 0 Å². The standard InChI is InChI=1S/C7H5FINO2/c8-6-2-1-5(4-9)3-7(6)10(11)12/h1-3H,4H2. The van der Waals surface area contributed by atoms with Gasteiger partial charge in [-0.15, -0.1) is 0 Å². The van der Waals surface area contributed by atoms with Crippen LogP contribution in [-0.4, -0.2) is 4.92 Å². The van der Waals surface area contributed by atoms with Crippen LogP contribution in [0.2, 0.25) is 0 Å². The van der Waals surface area contributed by atoms with Crippen LogP contribution in [0.4, 0.5) is 10.1 Å². The number of halogens is 2. The van der Waals surface area contributed by atoms with Gasteiger partial charge in [0, 0.05) is 10.5 Å². The molecule has 0 saturated heterocycles. The van der Waals surface area contributed by atoms with Crippen molar-refractivity contribution in [3.63, 3.8) is 0 Å². The van der Waals surface area contributed by atoms with Gasteiger partial charge in [0.05, 0.1) is 4.92 Å². The zero-order valence-electron chi connectivity index (χ0n) is 5.96. The topological polar surface area (TPSA) is 43.1 Å². The van der Waals surface area contributed by atoms with E-state index < -0.39 is 16.4 Å².